The summed E-state index contributed by atoms with van der Waals surface area (Å²) in [5.41, 5.74) is 1.54. The van der Waals surface area contributed by atoms with E-state index in [0.29, 0.717) is 18.7 Å². The van der Waals surface area contributed by atoms with Crippen LogP contribution in [-0.2, 0) is 16.1 Å². The molecule has 0 atom stereocenters. The Morgan fingerprint density at radius 2 is 2.10 bits per heavy atom. The topological polar surface area (TPSA) is 82.0 Å². The number of hydrogen-bond donors (Lipinski definition) is 2. The van der Waals surface area contributed by atoms with Gasteiger partial charge in [-0.2, -0.15) is 5.26 Å². The summed E-state index contributed by atoms with van der Waals surface area (Å²) in [5, 5.41) is 13.9. The van der Waals surface area contributed by atoms with Crippen LogP contribution in [0.2, 0.25) is 0 Å². The monoisotopic (exact) mass is 273 g/mol. The van der Waals surface area contributed by atoms with Gasteiger partial charge in [0.05, 0.1) is 6.07 Å². The maximum Gasteiger partial charge on any atom is 0.238 e. The van der Waals surface area contributed by atoms with Crippen LogP contribution in [0.4, 0.5) is 5.69 Å². The van der Waals surface area contributed by atoms with E-state index in [1.54, 1.807) is 24.3 Å². The van der Waals surface area contributed by atoms with Gasteiger partial charge in [-0.1, -0.05) is 25.5 Å². The first-order valence-electron chi connectivity index (χ1n) is 6.68. The molecule has 0 unspecified atom stereocenters. The highest BCUT2D eigenvalue weighted by Gasteiger charge is 2.03. The van der Waals surface area contributed by atoms with E-state index in [9.17, 15) is 9.59 Å². The van der Waals surface area contributed by atoms with E-state index >= 15 is 0 Å². The van der Waals surface area contributed by atoms with E-state index in [1.807, 2.05) is 13.0 Å². The Balaban J connectivity index is 2.49. The minimum atomic E-state index is -0.336. The van der Waals surface area contributed by atoms with Crippen molar-refractivity contribution in [2.24, 2.45) is 0 Å². The molecule has 0 radical (unpaired) electrons. The number of carbonyl (C=O) groups is 2. The number of rotatable bonds is 7. The minimum Gasteiger partial charge on any atom is -0.352 e. The maximum atomic E-state index is 11.5. The molecule has 1 aromatic rings. The van der Waals surface area contributed by atoms with Crippen LogP contribution in [0.15, 0.2) is 24.3 Å². The predicted molar refractivity (Wildman–Crippen MR) is 76.7 cm³/mol. The summed E-state index contributed by atoms with van der Waals surface area (Å²) in [6.07, 6.45) is 2.25. The lowest BCUT2D eigenvalue weighted by atomic mass is 10.2. The van der Waals surface area contributed by atoms with Crippen molar-refractivity contribution < 1.29 is 9.59 Å². The molecule has 0 saturated heterocycles. The van der Waals surface area contributed by atoms with Gasteiger partial charge in [-0.05, 0) is 24.1 Å². The lowest BCUT2D eigenvalue weighted by Gasteiger charge is -2.07. The normalized spacial score (nSPS) is 9.60. The number of anilines is 1. The van der Waals surface area contributed by atoms with Crippen molar-refractivity contribution in [3.63, 3.8) is 0 Å². The second kappa shape index (κ2) is 8.70. The highest BCUT2D eigenvalue weighted by molar-refractivity contribution is 5.92. The number of amides is 2. The summed E-state index contributed by atoms with van der Waals surface area (Å²) in [4.78, 5) is 22.8. The molecule has 20 heavy (non-hydrogen) atoms. The molecule has 5 nitrogen and oxygen atoms in total. The molecule has 5 heteroatoms. The molecular formula is C15H19N3O2. The first kappa shape index (κ1) is 15.7. The maximum absolute atomic E-state index is 11.5. The van der Waals surface area contributed by atoms with Gasteiger partial charge in [-0.25, -0.2) is 0 Å². The van der Waals surface area contributed by atoms with Gasteiger partial charge < -0.3 is 10.6 Å². The fourth-order valence-corrected chi connectivity index (χ4v) is 1.66. The van der Waals surface area contributed by atoms with E-state index in [-0.39, 0.29) is 18.2 Å². The third-order valence-corrected chi connectivity index (χ3v) is 2.70. The summed E-state index contributed by atoms with van der Waals surface area (Å²) in [6.45, 7) is 2.48. The van der Waals surface area contributed by atoms with Gasteiger partial charge in [0, 0.05) is 18.7 Å². The Kier molecular flexibility index (Phi) is 6.83. The summed E-state index contributed by atoms with van der Waals surface area (Å²) in [7, 11) is 0. The zero-order valence-corrected chi connectivity index (χ0v) is 11.6. The Morgan fingerprint density at radius 1 is 1.30 bits per heavy atom. The second-order valence-corrected chi connectivity index (χ2v) is 4.46. The molecule has 0 bridgehead atoms. The molecule has 2 amide bonds. The Bertz CT molecular complexity index is 506. The summed E-state index contributed by atoms with van der Waals surface area (Å²) in [5.74, 6) is -0.303. The van der Waals surface area contributed by atoms with Crippen molar-refractivity contribution in [3.05, 3.63) is 29.8 Å². The summed E-state index contributed by atoms with van der Waals surface area (Å²) >= 11 is 0. The van der Waals surface area contributed by atoms with Crippen molar-refractivity contribution in [1.82, 2.24) is 5.32 Å². The van der Waals surface area contributed by atoms with E-state index in [1.165, 1.54) is 0 Å². The van der Waals surface area contributed by atoms with E-state index in [2.05, 4.69) is 10.6 Å². The average molecular weight is 273 g/mol. The lowest BCUT2D eigenvalue weighted by Crippen LogP contribution is -2.22. The molecule has 0 aliphatic heterocycles. The molecule has 1 rings (SSSR count). The summed E-state index contributed by atoms with van der Waals surface area (Å²) < 4.78 is 0. The van der Waals surface area contributed by atoms with Gasteiger partial charge in [0.25, 0.3) is 0 Å². The molecule has 0 heterocycles. The predicted octanol–water partition coefficient (Wildman–Crippen LogP) is 2.35. The smallest absolute Gasteiger partial charge is 0.238 e. The second-order valence-electron chi connectivity index (χ2n) is 4.46. The van der Waals surface area contributed by atoms with Crippen LogP contribution in [0.3, 0.4) is 0 Å². The Morgan fingerprint density at radius 3 is 2.80 bits per heavy atom. The number of nitrogens with one attached hydrogen (secondary N) is 2. The number of hydrogen-bond acceptors (Lipinski definition) is 3. The molecule has 106 valence electrons. The number of unbranched alkanes of at least 4 members (excludes halogenated alkanes) is 1. The van der Waals surface area contributed by atoms with Gasteiger partial charge in [-0.15, -0.1) is 0 Å². The first-order chi connectivity index (χ1) is 9.65. The van der Waals surface area contributed by atoms with Crippen LogP contribution in [0.5, 0.6) is 0 Å². The van der Waals surface area contributed by atoms with Crippen LogP contribution in [0.1, 0.15) is 38.2 Å². The van der Waals surface area contributed by atoms with Crippen molar-refractivity contribution >= 4 is 17.5 Å². The molecule has 0 aliphatic rings. The lowest BCUT2D eigenvalue weighted by molar-refractivity contribution is -0.121. The van der Waals surface area contributed by atoms with Gasteiger partial charge in [0.2, 0.25) is 11.8 Å². The highest BCUT2D eigenvalue weighted by atomic mass is 16.2. The van der Waals surface area contributed by atoms with Crippen LogP contribution >= 0.6 is 0 Å². The van der Waals surface area contributed by atoms with E-state index in [4.69, 9.17) is 5.26 Å². The average Bonchev–Trinajstić information content (AvgIpc) is 2.43. The largest absolute Gasteiger partial charge is 0.352 e. The van der Waals surface area contributed by atoms with Crippen molar-refractivity contribution in [1.29, 1.82) is 5.26 Å². The third-order valence-electron chi connectivity index (χ3n) is 2.70. The highest BCUT2D eigenvalue weighted by Crippen LogP contribution is 2.11. The number of benzene rings is 1. The number of nitrogens with zero attached hydrogens (tertiary/aromatic N) is 1. The molecule has 0 saturated carbocycles. The first-order valence-corrected chi connectivity index (χ1v) is 6.68. The fourth-order valence-electron chi connectivity index (χ4n) is 1.66. The molecule has 0 aromatic heterocycles. The van der Waals surface area contributed by atoms with Gasteiger partial charge in [-0.3, -0.25) is 9.59 Å². The number of nitriles is 1. The van der Waals surface area contributed by atoms with E-state index in [0.717, 1.165) is 18.4 Å². The molecular weight excluding hydrogens is 254 g/mol. The van der Waals surface area contributed by atoms with Crippen LogP contribution in [-0.4, -0.2) is 11.8 Å². The SMILES string of the molecule is CCCCC(=O)NCc1cccc(NC(=O)CC#N)c1. The minimum absolute atomic E-state index is 0.0331. The molecule has 0 spiro atoms. The van der Waals surface area contributed by atoms with Crippen LogP contribution in [0.25, 0.3) is 0 Å². The zero-order chi connectivity index (χ0) is 14.8. The standard InChI is InChI=1S/C15H19N3O2/c1-2-3-7-14(19)17-11-12-5-4-6-13(10-12)18-15(20)8-9-16/h4-6,10H,2-3,7-8,11H2,1H3,(H,17,19)(H,18,20). The van der Waals surface area contributed by atoms with E-state index < -0.39 is 0 Å². The third kappa shape index (κ3) is 6.01. The van der Waals surface area contributed by atoms with Crippen LogP contribution < -0.4 is 10.6 Å². The van der Waals surface area contributed by atoms with Crippen molar-refractivity contribution in [2.45, 2.75) is 39.2 Å². The quantitative estimate of drug-likeness (QED) is 0.800. The molecule has 0 fully saturated rings. The molecule has 2 N–H and O–H groups in total. The van der Waals surface area contributed by atoms with Crippen molar-refractivity contribution in [3.8, 4) is 6.07 Å². The zero-order valence-electron chi connectivity index (χ0n) is 11.6. The van der Waals surface area contributed by atoms with Crippen molar-refractivity contribution in [2.75, 3.05) is 5.32 Å². The van der Waals surface area contributed by atoms with Gasteiger partial charge in [0.1, 0.15) is 6.42 Å². The molecule has 1 aromatic carbocycles. The Labute approximate surface area is 119 Å². The van der Waals surface area contributed by atoms with Gasteiger partial charge in [0.15, 0.2) is 0 Å². The van der Waals surface area contributed by atoms with Crippen LogP contribution in [0, 0.1) is 11.3 Å². The Hall–Kier alpha value is -2.35. The van der Waals surface area contributed by atoms with Gasteiger partial charge >= 0.3 is 0 Å². The summed E-state index contributed by atoms with van der Waals surface area (Å²) in [6, 6.07) is 9.00. The number of carbonyl (C=O) groups excluding carboxylic acids is 2. The fraction of sp³-hybridized carbons (Fsp3) is 0.400. The molecule has 0 aliphatic carbocycles.